The first-order valence-corrected chi connectivity index (χ1v) is 11.8. The van der Waals surface area contributed by atoms with E-state index in [1.807, 2.05) is 12.1 Å². The van der Waals surface area contributed by atoms with Crippen molar-refractivity contribution in [1.29, 1.82) is 0 Å². The highest BCUT2D eigenvalue weighted by atomic mass is 79.9. The van der Waals surface area contributed by atoms with Crippen LogP contribution in [0.25, 0.3) is 0 Å². The van der Waals surface area contributed by atoms with Crippen LogP contribution in [-0.4, -0.2) is 38.9 Å². The molecule has 1 aliphatic carbocycles. The van der Waals surface area contributed by atoms with Gasteiger partial charge in [0.1, 0.15) is 6.04 Å². The van der Waals surface area contributed by atoms with Crippen molar-refractivity contribution in [3.05, 3.63) is 39.2 Å². The van der Waals surface area contributed by atoms with Crippen LogP contribution >= 0.6 is 15.9 Å². The monoisotopic (exact) mass is 501 g/mol. The molecule has 3 amide bonds. The van der Waals surface area contributed by atoms with E-state index in [9.17, 15) is 14.4 Å². The highest BCUT2D eigenvalue weighted by molar-refractivity contribution is 9.10. The van der Waals surface area contributed by atoms with Crippen LogP contribution in [0.5, 0.6) is 0 Å². The second-order valence-electron chi connectivity index (χ2n) is 8.64. The molecule has 1 unspecified atom stereocenters. The molecule has 3 heterocycles. The average molecular weight is 502 g/mol. The van der Waals surface area contributed by atoms with Crippen LogP contribution < -0.4 is 10.6 Å². The van der Waals surface area contributed by atoms with Crippen molar-refractivity contribution in [2.75, 3.05) is 5.32 Å². The van der Waals surface area contributed by atoms with Crippen LogP contribution in [-0.2, 0) is 22.7 Å². The molecule has 2 aromatic rings. The van der Waals surface area contributed by atoms with Crippen LogP contribution in [0.2, 0.25) is 0 Å². The van der Waals surface area contributed by atoms with Crippen LogP contribution in [0.1, 0.15) is 78.2 Å². The minimum absolute atomic E-state index is 0.200. The van der Waals surface area contributed by atoms with Crippen molar-refractivity contribution >= 4 is 39.7 Å². The van der Waals surface area contributed by atoms with Gasteiger partial charge in [-0.3, -0.25) is 19.7 Å². The van der Waals surface area contributed by atoms with E-state index in [0.717, 1.165) is 28.4 Å². The normalized spacial score (nSPS) is 21.6. The summed E-state index contributed by atoms with van der Waals surface area (Å²) in [6, 6.07) is 3.53. The molecular formula is C22H24BrN5O4. The Kier molecular flexibility index (Phi) is 5.71. The number of halogens is 1. The standard InChI is InChI=1S/C22H24BrN5O4/c23-16-9-12(10-24-22-27-26-20(32-22)13-4-2-1-3-5-13)8-14-15(16)11-28(21(14)31)17-6-7-18(29)25-19(17)30/h8-9,13,17H,1-7,10-11H2,(H,24,27)(H,25,29,30). The summed E-state index contributed by atoms with van der Waals surface area (Å²) in [6.45, 7) is 0.757. The van der Waals surface area contributed by atoms with Gasteiger partial charge in [-0.1, -0.05) is 40.3 Å². The number of carbonyl (C=O) groups is 3. The van der Waals surface area contributed by atoms with Crippen molar-refractivity contribution in [3.8, 4) is 0 Å². The van der Waals surface area contributed by atoms with Gasteiger partial charge in [-0.25, -0.2) is 0 Å². The number of aromatic nitrogens is 2. The summed E-state index contributed by atoms with van der Waals surface area (Å²) < 4.78 is 6.62. The number of carbonyl (C=O) groups excluding carboxylic acids is 3. The zero-order valence-corrected chi connectivity index (χ0v) is 19.1. The van der Waals surface area contributed by atoms with Gasteiger partial charge >= 0.3 is 6.01 Å². The van der Waals surface area contributed by atoms with Crippen LogP contribution in [0.3, 0.4) is 0 Å². The molecule has 1 aromatic carbocycles. The van der Waals surface area contributed by atoms with Crippen LogP contribution in [0.4, 0.5) is 6.01 Å². The summed E-state index contributed by atoms with van der Waals surface area (Å²) in [6.07, 6.45) is 6.42. The number of piperidine rings is 1. The van der Waals surface area contributed by atoms with Gasteiger partial charge in [-0.15, -0.1) is 5.10 Å². The summed E-state index contributed by atoms with van der Waals surface area (Å²) in [5.41, 5.74) is 2.29. The second-order valence-corrected chi connectivity index (χ2v) is 9.49. The molecule has 2 aliphatic heterocycles. The molecule has 0 spiro atoms. The molecule has 2 N–H and O–H groups in total. The number of benzene rings is 1. The fourth-order valence-electron chi connectivity index (χ4n) is 4.77. The first kappa shape index (κ1) is 21.1. The number of hydrogen-bond donors (Lipinski definition) is 2. The fraction of sp³-hybridized carbons (Fsp3) is 0.500. The molecule has 3 aliphatic rings. The quantitative estimate of drug-likeness (QED) is 0.603. The molecule has 9 nitrogen and oxygen atoms in total. The third kappa shape index (κ3) is 4.03. The Balaban J connectivity index is 1.27. The maximum absolute atomic E-state index is 13.1. The van der Waals surface area contributed by atoms with Crippen molar-refractivity contribution in [2.45, 2.75) is 70.0 Å². The van der Waals surface area contributed by atoms with Gasteiger partial charge in [-0.05, 0) is 42.5 Å². The fourth-order valence-corrected chi connectivity index (χ4v) is 5.41. The van der Waals surface area contributed by atoms with E-state index in [1.54, 1.807) is 4.90 Å². The van der Waals surface area contributed by atoms with Gasteiger partial charge < -0.3 is 14.6 Å². The lowest BCUT2D eigenvalue weighted by Crippen LogP contribution is -2.52. The Labute approximate surface area is 193 Å². The van der Waals surface area contributed by atoms with Crippen molar-refractivity contribution in [2.24, 2.45) is 0 Å². The van der Waals surface area contributed by atoms with Gasteiger partial charge in [-0.2, -0.15) is 0 Å². The lowest BCUT2D eigenvalue weighted by atomic mass is 9.89. The lowest BCUT2D eigenvalue weighted by molar-refractivity contribution is -0.136. The van der Waals surface area contributed by atoms with Crippen LogP contribution in [0.15, 0.2) is 21.0 Å². The topological polar surface area (TPSA) is 117 Å². The van der Waals surface area contributed by atoms with Crippen molar-refractivity contribution < 1.29 is 18.8 Å². The third-order valence-corrected chi connectivity index (χ3v) is 7.21. The highest BCUT2D eigenvalue weighted by Gasteiger charge is 2.39. The number of nitrogens with zero attached hydrogens (tertiary/aromatic N) is 3. The Morgan fingerprint density at radius 2 is 1.94 bits per heavy atom. The minimum Gasteiger partial charge on any atom is -0.408 e. The van der Waals surface area contributed by atoms with Crippen LogP contribution in [0, 0.1) is 0 Å². The van der Waals surface area contributed by atoms with E-state index < -0.39 is 11.9 Å². The second kappa shape index (κ2) is 8.65. The Morgan fingerprint density at radius 3 is 2.72 bits per heavy atom. The number of fused-ring (bicyclic) bond motifs is 1. The molecule has 32 heavy (non-hydrogen) atoms. The number of nitrogens with one attached hydrogen (secondary N) is 2. The van der Waals surface area contributed by atoms with Gasteiger partial charge in [0, 0.05) is 35.5 Å². The van der Waals surface area contributed by atoms with Gasteiger partial charge in [0.15, 0.2) is 0 Å². The largest absolute Gasteiger partial charge is 0.408 e. The summed E-state index contributed by atoms with van der Waals surface area (Å²) in [7, 11) is 0. The lowest BCUT2D eigenvalue weighted by Gasteiger charge is -2.29. The predicted molar refractivity (Wildman–Crippen MR) is 118 cm³/mol. The Hall–Kier alpha value is -2.75. The predicted octanol–water partition coefficient (Wildman–Crippen LogP) is 3.25. The zero-order valence-electron chi connectivity index (χ0n) is 17.5. The molecule has 5 rings (SSSR count). The van der Waals surface area contributed by atoms with E-state index in [0.29, 0.717) is 42.9 Å². The molecule has 2 fully saturated rings. The van der Waals surface area contributed by atoms with E-state index in [-0.39, 0.29) is 18.2 Å². The molecule has 1 atom stereocenters. The maximum Gasteiger partial charge on any atom is 0.315 e. The van der Waals surface area contributed by atoms with E-state index >= 15 is 0 Å². The highest BCUT2D eigenvalue weighted by Crippen LogP contribution is 2.34. The summed E-state index contributed by atoms with van der Waals surface area (Å²) >= 11 is 3.57. The minimum atomic E-state index is -0.627. The van der Waals surface area contributed by atoms with E-state index in [1.165, 1.54) is 19.3 Å². The third-order valence-electron chi connectivity index (χ3n) is 6.50. The maximum atomic E-state index is 13.1. The van der Waals surface area contributed by atoms with Crippen molar-refractivity contribution in [3.63, 3.8) is 0 Å². The molecule has 1 saturated carbocycles. The molecule has 10 heteroatoms. The number of hydrogen-bond acceptors (Lipinski definition) is 7. The first-order valence-electron chi connectivity index (χ1n) is 11.0. The van der Waals surface area contributed by atoms with Gasteiger partial charge in [0.05, 0.1) is 0 Å². The Morgan fingerprint density at radius 1 is 1.12 bits per heavy atom. The molecule has 168 valence electrons. The van der Waals surface area contributed by atoms with Crippen molar-refractivity contribution in [1.82, 2.24) is 20.4 Å². The smallest absolute Gasteiger partial charge is 0.315 e. The molecule has 0 bridgehead atoms. The molecule has 1 saturated heterocycles. The summed E-state index contributed by atoms with van der Waals surface area (Å²) in [5.74, 6) is 0.131. The number of amides is 3. The average Bonchev–Trinajstić information content (AvgIpc) is 3.39. The number of imide groups is 1. The van der Waals surface area contributed by atoms with Gasteiger partial charge in [0.2, 0.25) is 17.7 Å². The molecule has 0 radical (unpaired) electrons. The summed E-state index contributed by atoms with van der Waals surface area (Å²) in [5, 5.41) is 13.8. The Bertz CT molecular complexity index is 1080. The van der Waals surface area contributed by atoms with E-state index in [2.05, 4.69) is 36.8 Å². The number of anilines is 1. The molecular weight excluding hydrogens is 478 g/mol. The zero-order chi connectivity index (χ0) is 22.2. The summed E-state index contributed by atoms with van der Waals surface area (Å²) in [4.78, 5) is 38.3. The first-order chi connectivity index (χ1) is 15.5. The number of rotatable bonds is 5. The van der Waals surface area contributed by atoms with E-state index in [4.69, 9.17) is 4.42 Å². The molecule has 1 aromatic heterocycles. The van der Waals surface area contributed by atoms with Gasteiger partial charge in [0.25, 0.3) is 5.91 Å². The SMILES string of the molecule is O=C1CCC(N2Cc3c(Br)cc(CNc4nnc(C5CCCCC5)o4)cc3C2=O)C(=O)N1.